The van der Waals surface area contributed by atoms with E-state index in [1.165, 1.54) is 5.56 Å². The Morgan fingerprint density at radius 3 is 2.30 bits per heavy atom. The van der Waals surface area contributed by atoms with Gasteiger partial charge >= 0.3 is 11.9 Å². The van der Waals surface area contributed by atoms with Gasteiger partial charge in [-0.15, -0.1) is 0 Å². The van der Waals surface area contributed by atoms with Crippen LogP contribution in [0.1, 0.15) is 49.7 Å². The zero-order valence-electron chi connectivity index (χ0n) is 22.4. The number of amides is 1. The molecule has 2 aromatic carbocycles. The average molecular weight is 564 g/mol. The SMILES string of the molecule is CC1=NC(C)=C(C(=O)O)C(c2cccc(NC(=S)NNC(=O)CN3CCC(c4ccccc4)CC3)c2)C1C(=O)O. The molecule has 40 heavy (non-hydrogen) atoms. The number of benzene rings is 2. The Bertz CT molecular complexity index is 1350. The number of carbonyl (C=O) groups is 3. The highest BCUT2D eigenvalue weighted by molar-refractivity contribution is 7.80. The molecule has 1 fully saturated rings. The van der Waals surface area contributed by atoms with Gasteiger partial charge in [0.15, 0.2) is 5.11 Å². The molecule has 210 valence electrons. The highest BCUT2D eigenvalue weighted by atomic mass is 32.1. The first-order chi connectivity index (χ1) is 19.1. The van der Waals surface area contributed by atoms with Gasteiger partial charge in [-0.05, 0) is 81.2 Å². The van der Waals surface area contributed by atoms with E-state index in [1.807, 2.05) is 6.07 Å². The van der Waals surface area contributed by atoms with Crippen LogP contribution in [0, 0.1) is 5.92 Å². The number of piperidine rings is 1. The van der Waals surface area contributed by atoms with E-state index < -0.39 is 23.8 Å². The molecule has 11 heteroatoms. The molecule has 0 bridgehead atoms. The van der Waals surface area contributed by atoms with Crippen molar-refractivity contribution in [1.29, 1.82) is 0 Å². The lowest BCUT2D eigenvalue weighted by atomic mass is 9.75. The first-order valence-electron chi connectivity index (χ1n) is 13.1. The number of hydrogen-bond acceptors (Lipinski definition) is 6. The van der Waals surface area contributed by atoms with Crippen molar-refractivity contribution in [1.82, 2.24) is 15.8 Å². The van der Waals surface area contributed by atoms with Crippen LogP contribution < -0.4 is 16.2 Å². The summed E-state index contributed by atoms with van der Waals surface area (Å²) in [6, 6.07) is 17.2. The summed E-state index contributed by atoms with van der Waals surface area (Å²) >= 11 is 5.33. The summed E-state index contributed by atoms with van der Waals surface area (Å²) in [7, 11) is 0. The molecule has 2 heterocycles. The smallest absolute Gasteiger partial charge is 0.334 e. The van der Waals surface area contributed by atoms with Gasteiger partial charge in [-0.1, -0.05) is 42.5 Å². The number of hydrazine groups is 1. The van der Waals surface area contributed by atoms with Crippen LogP contribution in [0.25, 0.3) is 0 Å². The van der Waals surface area contributed by atoms with Gasteiger partial charge in [0.2, 0.25) is 0 Å². The van der Waals surface area contributed by atoms with E-state index in [0.29, 0.717) is 22.9 Å². The van der Waals surface area contributed by atoms with Gasteiger partial charge < -0.3 is 15.5 Å². The maximum absolute atomic E-state index is 12.5. The van der Waals surface area contributed by atoms with Crippen LogP contribution in [-0.4, -0.2) is 63.4 Å². The first kappa shape index (κ1) is 28.9. The molecule has 4 rings (SSSR count). The number of anilines is 1. The molecule has 0 radical (unpaired) electrons. The zero-order valence-corrected chi connectivity index (χ0v) is 23.2. The van der Waals surface area contributed by atoms with E-state index in [9.17, 15) is 24.6 Å². The summed E-state index contributed by atoms with van der Waals surface area (Å²) < 4.78 is 0. The molecule has 10 nitrogen and oxygen atoms in total. The number of aliphatic carboxylic acids is 2. The molecule has 0 aromatic heterocycles. The molecule has 2 unspecified atom stereocenters. The minimum absolute atomic E-state index is 0.0593. The number of rotatable bonds is 7. The Hall–Kier alpha value is -4.09. The molecular formula is C29H33N5O5S. The third kappa shape index (κ3) is 6.91. The number of aliphatic imine (C=N–C) groups is 1. The lowest BCUT2D eigenvalue weighted by Gasteiger charge is -2.31. The van der Waals surface area contributed by atoms with Crippen molar-refractivity contribution in [3.63, 3.8) is 0 Å². The van der Waals surface area contributed by atoms with E-state index in [1.54, 1.807) is 38.1 Å². The van der Waals surface area contributed by atoms with Crippen molar-refractivity contribution < 1.29 is 24.6 Å². The second kappa shape index (κ2) is 12.8. The predicted octanol–water partition coefficient (Wildman–Crippen LogP) is 3.50. The fourth-order valence-corrected chi connectivity index (χ4v) is 5.66. The van der Waals surface area contributed by atoms with Crippen LogP contribution in [-0.2, 0) is 14.4 Å². The number of likely N-dealkylation sites (tertiary alicyclic amines) is 1. The highest BCUT2D eigenvalue weighted by Gasteiger charge is 2.41. The van der Waals surface area contributed by atoms with E-state index in [-0.39, 0.29) is 28.8 Å². The third-order valence-corrected chi connectivity index (χ3v) is 7.57. The van der Waals surface area contributed by atoms with E-state index in [2.05, 4.69) is 50.3 Å². The number of hydrogen-bond donors (Lipinski definition) is 5. The van der Waals surface area contributed by atoms with Crippen LogP contribution in [0.3, 0.4) is 0 Å². The van der Waals surface area contributed by atoms with Crippen molar-refractivity contribution in [2.45, 2.75) is 38.5 Å². The van der Waals surface area contributed by atoms with E-state index in [0.717, 1.165) is 25.9 Å². The molecule has 1 amide bonds. The predicted molar refractivity (Wildman–Crippen MR) is 156 cm³/mol. The number of carboxylic acids is 2. The second-order valence-electron chi connectivity index (χ2n) is 10.1. The Morgan fingerprint density at radius 2 is 1.65 bits per heavy atom. The van der Waals surface area contributed by atoms with Crippen molar-refractivity contribution in [3.05, 3.63) is 77.0 Å². The van der Waals surface area contributed by atoms with E-state index in [4.69, 9.17) is 12.2 Å². The quantitative estimate of drug-likeness (QED) is 0.253. The number of allylic oxidation sites excluding steroid dienone is 1. The van der Waals surface area contributed by atoms with Gasteiger partial charge in [0.25, 0.3) is 5.91 Å². The Kier molecular flexibility index (Phi) is 9.28. The average Bonchev–Trinajstić information content (AvgIpc) is 2.92. The molecule has 2 aromatic rings. The molecule has 0 aliphatic carbocycles. The number of carboxylic acid groups (broad SMARTS) is 2. The normalized spacial score (nSPS) is 19.9. The number of carbonyl (C=O) groups excluding carboxylic acids is 1. The topological polar surface area (TPSA) is 143 Å². The van der Waals surface area contributed by atoms with Crippen molar-refractivity contribution in [2.75, 3.05) is 25.0 Å². The van der Waals surface area contributed by atoms with Gasteiger partial charge in [-0.25, -0.2) is 4.79 Å². The molecule has 5 N–H and O–H groups in total. The van der Waals surface area contributed by atoms with Crippen LogP contribution in [0.15, 0.2) is 70.9 Å². The van der Waals surface area contributed by atoms with Crippen LogP contribution in [0.5, 0.6) is 0 Å². The Balaban J connectivity index is 1.32. The van der Waals surface area contributed by atoms with E-state index >= 15 is 0 Å². The van der Waals surface area contributed by atoms with Crippen LogP contribution in [0.2, 0.25) is 0 Å². The molecule has 2 aliphatic rings. The van der Waals surface area contributed by atoms with Gasteiger partial charge in [-0.2, -0.15) is 0 Å². The number of nitrogens with zero attached hydrogens (tertiary/aromatic N) is 2. The fourth-order valence-electron chi connectivity index (χ4n) is 5.49. The number of thiocarbonyl (C=S) groups is 1. The van der Waals surface area contributed by atoms with Crippen molar-refractivity contribution in [3.8, 4) is 0 Å². The van der Waals surface area contributed by atoms with Crippen LogP contribution in [0.4, 0.5) is 5.69 Å². The largest absolute Gasteiger partial charge is 0.481 e. The second-order valence-corrected chi connectivity index (χ2v) is 10.5. The molecule has 2 atom stereocenters. The zero-order chi connectivity index (χ0) is 28.8. The first-order valence-corrected chi connectivity index (χ1v) is 13.5. The molecule has 0 spiro atoms. The molecule has 0 saturated carbocycles. The lowest BCUT2D eigenvalue weighted by Crippen LogP contribution is -2.48. The Labute approximate surface area is 238 Å². The summed E-state index contributed by atoms with van der Waals surface area (Å²) in [5, 5.41) is 22.8. The standard InChI is InChI=1S/C29H33N5O5S/c1-17-24(27(36)37)26(25(28(38)39)18(2)30-17)21-9-6-10-22(15-21)31-29(40)33-32-23(35)16-34-13-11-20(12-14-34)19-7-4-3-5-8-19/h3-10,15,20,24,26H,11-14,16H2,1-2H3,(H,32,35)(H,36,37)(H,38,39)(H2,31,33,40). The Morgan fingerprint density at radius 1 is 0.975 bits per heavy atom. The molecule has 1 saturated heterocycles. The van der Waals surface area contributed by atoms with Crippen molar-refractivity contribution >= 4 is 46.6 Å². The summed E-state index contributed by atoms with van der Waals surface area (Å²) in [6.45, 7) is 5.06. The van der Waals surface area contributed by atoms with Gasteiger partial charge in [0.1, 0.15) is 5.92 Å². The summed E-state index contributed by atoms with van der Waals surface area (Å²) in [5.41, 5.74) is 8.21. The maximum Gasteiger partial charge on any atom is 0.334 e. The minimum Gasteiger partial charge on any atom is -0.481 e. The maximum atomic E-state index is 12.5. The lowest BCUT2D eigenvalue weighted by molar-refractivity contribution is -0.140. The summed E-state index contributed by atoms with van der Waals surface area (Å²) in [6.07, 6.45) is 1.99. The van der Waals surface area contributed by atoms with Gasteiger partial charge in [-0.3, -0.25) is 30.3 Å². The van der Waals surface area contributed by atoms with Crippen molar-refractivity contribution in [2.24, 2.45) is 10.9 Å². The fraction of sp³-hybridized carbons (Fsp3) is 0.345. The molecule has 2 aliphatic heterocycles. The monoisotopic (exact) mass is 563 g/mol. The molecular weight excluding hydrogens is 530 g/mol. The van der Waals surface area contributed by atoms with Gasteiger partial charge in [0.05, 0.1) is 12.1 Å². The minimum atomic E-state index is -1.22. The van der Waals surface area contributed by atoms with Crippen LogP contribution >= 0.6 is 12.2 Å². The number of nitrogens with one attached hydrogen (secondary N) is 3. The van der Waals surface area contributed by atoms with Gasteiger partial charge in [0, 0.05) is 23.0 Å². The summed E-state index contributed by atoms with van der Waals surface area (Å²) in [4.78, 5) is 42.9. The summed E-state index contributed by atoms with van der Waals surface area (Å²) in [5.74, 6) is -4.13. The highest BCUT2D eigenvalue weighted by Crippen LogP contribution is 2.39. The third-order valence-electron chi connectivity index (χ3n) is 7.37.